The van der Waals surface area contributed by atoms with Crippen molar-refractivity contribution < 1.29 is 27.7 Å². The Morgan fingerprint density at radius 3 is 2.44 bits per heavy atom. The van der Waals surface area contributed by atoms with Gasteiger partial charge in [0.15, 0.2) is 5.78 Å². The largest absolute Gasteiger partial charge is 0.382 e. The first kappa shape index (κ1) is 22.1. The van der Waals surface area contributed by atoms with Crippen molar-refractivity contribution in [3.05, 3.63) is 30.1 Å². The average molecular weight is 390 g/mol. The van der Waals surface area contributed by atoms with Gasteiger partial charge in [-0.3, -0.25) is 14.3 Å². The highest BCUT2D eigenvalue weighted by atomic mass is 31.2. The van der Waals surface area contributed by atoms with Crippen molar-refractivity contribution in [1.29, 1.82) is 0 Å². The summed E-state index contributed by atoms with van der Waals surface area (Å²) in [5, 5.41) is -0.880. The van der Waals surface area contributed by atoms with Crippen LogP contribution in [0.25, 0.3) is 0 Å². The number of Topliss-reactive ketones (excluding diaryl/α,β-unsaturated/α-hetero) is 1. The molecule has 1 aromatic rings. The Morgan fingerprint density at radius 2 is 1.92 bits per heavy atom. The van der Waals surface area contributed by atoms with E-state index in [0.717, 1.165) is 0 Å². The minimum absolute atomic E-state index is 0.0400. The van der Waals surface area contributed by atoms with E-state index in [9.17, 15) is 13.9 Å². The van der Waals surface area contributed by atoms with Crippen molar-refractivity contribution >= 4 is 21.2 Å². The summed E-state index contributed by atoms with van der Waals surface area (Å²) in [6.07, 6.45) is 3.22. The van der Waals surface area contributed by atoms with E-state index >= 15 is 0 Å². The van der Waals surface area contributed by atoms with Crippen LogP contribution in [0.3, 0.4) is 0 Å². The number of ether oxygens (including phenoxy) is 1. The minimum Gasteiger partial charge on any atom is -0.338 e. The monoisotopic (exact) mass is 390 g/mol. The summed E-state index contributed by atoms with van der Waals surface area (Å²) in [5.41, 5.74) is 0.462. The lowest BCUT2D eigenvalue weighted by Crippen LogP contribution is -2.14. The molecule has 1 heterocycles. The first-order chi connectivity index (χ1) is 12.0. The molecule has 1 aromatic heterocycles. The van der Waals surface area contributed by atoms with E-state index in [2.05, 4.69) is 4.98 Å². The highest BCUT2D eigenvalue weighted by Crippen LogP contribution is 2.62. The molecule has 0 spiro atoms. The van der Waals surface area contributed by atoms with Crippen LogP contribution in [0, 0.1) is 0 Å². The van der Waals surface area contributed by atoms with Gasteiger partial charge >= 0.3 is 15.4 Å². The maximum Gasteiger partial charge on any atom is 0.382 e. The molecule has 0 radical (unpaired) electrons. The maximum absolute atomic E-state index is 13.1. The predicted octanol–water partition coefficient (Wildman–Crippen LogP) is 4.46. The Balaban J connectivity index is 2.91. The molecule has 7 nitrogen and oxygen atoms in total. The van der Waals surface area contributed by atoms with Crippen LogP contribution in [0.4, 0.5) is 0 Å². The molecule has 0 bridgehead atoms. The van der Waals surface area contributed by atoms with Gasteiger partial charge in [-0.25, -0.2) is 0 Å². The molecule has 1 rings (SSSR count). The van der Waals surface area contributed by atoms with E-state index in [1.165, 1.54) is 6.20 Å². The van der Waals surface area contributed by atoms with E-state index in [0.29, 0.717) is 12.2 Å². The zero-order chi connectivity index (χ0) is 18.7. The van der Waals surface area contributed by atoms with Crippen LogP contribution < -0.4 is 0 Å². The highest BCUT2D eigenvalue weighted by molar-refractivity contribution is 7.68. The van der Waals surface area contributed by atoms with Gasteiger partial charge in [0.2, 0.25) is 6.35 Å². The molecule has 0 aliphatic carbocycles. The van der Waals surface area contributed by atoms with Crippen molar-refractivity contribution in [2.75, 3.05) is 26.2 Å². The van der Waals surface area contributed by atoms with Gasteiger partial charge < -0.3 is 13.8 Å². The fourth-order valence-electron chi connectivity index (χ4n) is 2.23. The van der Waals surface area contributed by atoms with Crippen LogP contribution in [-0.4, -0.2) is 42.3 Å². The first-order valence-electron chi connectivity index (χ1n) is 8.32. The number of ketones is 1. The molecule has 2 atom stereocenters. The molecule has 0 aromatic carbocycles. The molecule has 9 heteroatoms. The van der Waals surface area contributed by atoms with E-state index in [4.69, 9.17) is 13.8 Å². The van der Waals surface area contributed by atoms with Gasteiger partial charge in [-0.15, -0.1) is 0 Å². The van der Waals surface area contributed by atoms with Crippen LogP contribution >= 0.6 is 15.4 Å². The zero-order valence-electron chi connectivity index (χ0n) is 14.9. The summed E-state index contributed by atoms with van der Waals surface area (Å²) in [5.74, 6) is -0.155. The third-order valence-corrected chi connectivity index (χ3v) is 8.56. The summed E-state index contributed by atoms with van der Waals surface area (Å²) in [4.78, 5) is 16.2. The fraction of sp³-hybridized carbons (Fsp3) is 0.625. The van der Waals surface area contributed by atoms with Crippen LogP contribution in [0.15, 0.2) is 24.5 Å². The van der Waals surface area contributed by atoms with Gasteiger partial charge in [-0.2, -0.15) is 0 Å². The van der Waals surface area contributed by atoms with Crippen LogP contribution in [0.1, 0.15) is 44.0 Å². The van der Waals surface area contributed by atoms with Crippen molar-refractivity contribution in [2.45, 2.75) is 39.0 Å². The Morgan fingerprint density at radius 1 is 1.24 bits per heavy atom. The Hall–Kier alpha value is -0.970. The van der Waals surface area contributed by atoms with Gasteiger partial charge in [0.25, 0.3) is 5.40 Å². The molecule has 0 N–H and O–H groups in total. The molecule has 0 aliphatic heterocycles. The number of rotatable bonds is 13. The summed E-state index contributed by atoms with van der Waals surface area (Å²) in [7, 11) is -5.62. The Bertz CT molecular complexity index is 586. The topological polar surface area (TPSA) is 91.8 Å². The second kappa shape index (κ2) is 11.6. The number of nitrogens with zero attached hydrogens (tertiary/aromatic N) is 1. The van der Waals surface area contributed by atoms with E-state index in [-0.39, 0.29) is 38.2 Å². The minimum atomic E-state index is -3.61. The van der Waals surface area contributed by atoms with E-state index in [1.807, 2.05) is 0 Å². The first-order valence-corrected chi connectivity index (χ1v) is 11.4. The lowest BCUT2D eigenvalue weighted by molar-refractivity contribution is 0.0980. The van der Waals surface area contributed by atoms with Crippen molar-refractivity contribution in [3.8, 4) is 0 Å². The number of carbonyl (C=O) groups is 1. The highest BCUT2D eigenvalue weighted by Gasteiger charge is 2.49. The van der Waals surface area contributed by atoms with Gasteiger partial charge in [0.05, 0.1) is 13.2 Å². The smallest absolute Gasteiger partial charge is 0.338 e. The number of pyridine rings is 1. The third-order valence-electron chi connectivity index (χ3n) is 3.35. The summed E-state index contributed by atoms with van der Waals surface area (Å²) < 4.78 is 41.6. The lowest BCUT2D eigenvalue weighted by Gasteiger charge is -2.19. The molecule has 0 saturated heterocycles. The van der Waals surface area contributed by atoms with Gasteiger partial charge in [-0.1, -0.05) is 4.57 Å². The number of aromatic nitrogens is 1. The van der Waals surface area contributed by atoms with Crippen LogP contribution in [0.2, 0.25) is 0 Å². The van der Waals surface area contributed by atoms with Crippen molar-refractivity contribution in [1.82, 2.24) is 4.98 Å². The number of carbonyl (C=O) groups excluding carboxylic acids is 1. The van der Waals surface area contributed by atoms with Gasteiger partial charge in [-0.05, 0) is 32.9 Å². The summed E-state index contributed by atoms with van der Waals surface area (Å²) in [6, 6.07) is 3.33. The molecule has 0 fully saturated rings. The van der Waals surface area contributed by atoms with E-state index in [1.54, 1.807) is 39.1 Å². The second-order valence-electron chi connectivity index (χ2n) is 5.10. The zero-order valence-corrected chi connectivity index (χ0v) is 16.7. The average Bonchev–Trinajstić information content (AvgIpc) is 2.61. The number of hydrogen-bond donors (Lipinski definition) is 0. The molecule has 0 amide bonds. The molecule has 140 valence electrons. The lowest BCUT2D eigenvalue weighted by atomic mass is 10.1. The SMILES string of the molecule is CCOC[P+](=O)C(CCC(=O)c1cccnc1)P(=O)(OCC)OCC. The van der Waals surface area contributed by atoms with Gasteiger partial charge in [0.1, 0.15) is 0 Å². The van der Waals surface area contributed by atoms with E-state index < -0.39 is 20.8 Å². The Labute approximate surface area is 149 Å². The summed E-state index contributed by atoms with van der Waals surface area (Å²) in [6.45, 7) is 5.91. The standard InChI is InChI=1S/C16H26NO6P2/c1-4-21-13-24(19)16(25(20,22-5-2)23-6-3)10-9-15(18)14-8-7-11-17-12-14/h7-8,11-12,16H,4-6,9-10,13H2,1-3H3/q+1. The summed E-state index contributed by atoms with van der Waals surface area (Å²) >= 11 is 0. The predicted molar refractivity (Wildman–Crippen MR) is 96.5 cm³/mol. The molecule has 0 aliphatic rings. The number of hydrogen-bond acceptors (Lipinski definition) is 7. The normalized spacial score (nSPS) is 13.5. The molecule has 0 saturated carbocycles. The fourth-order valence-corrected chi connectivity index (χ4v) is 6.63. The molecule has 25 heavy (non-hydrogen) atoms. The Kier molecular flexibility index (Phi) is 10.2. The van der Waals surface area contributed by atoms with Gasteiger partial charge in [0, 0.05) is 37.4 Å². The van der Waals surface area contributed by atoms with Crippen molar-refractivity contribution in [2.24, 2.45) is 0 Å². The van der Waals surface area contributed by atoms with Crippen LogP contribution in [0.5, 0.6) is 0 Å². The van der Waals surface area contributed by atoms with Crippen LogP contribution in [-0.2, 0) is 22.9 Å². The second-order valence-corrected chi connectivity index (χ2v) is 9.44. The third kappa shape index (κ3) is 7.04. The maximum atomic E-state index is 13.1. The quantitative estimate of drug-likeness (QED) is 0.363. The van der Waals surface area contributed by atoms with Crippen molar-refractivity contribution in [3.63, 3.8) is 0 Å². The molecular formula is C16H26NO6P2+. The molecule has 2 unspecified atom stereocenters. The molecular weight excluding hydrogens is 364 g/mol.